The van der Waals surface area contributed by atoms with Crippen LogP contribution in [0, 0.1) is 0 Å². The molecule has 19 heavy (non-hydrogen) atoms. The van der Waals surface area contributed by atoms with Gasteiger partial charge in [-0.2, -0.15) is 0 Å². The molecule has 0 saturated carbocycles. The van der Waals surface area contributed by atoms with Gasteiger partial charge in [0.05, 0.1) is 19.5 Å². The summed E-state index contributed by atoms with van der Waals surface area (Å²) in [7, 11) is 1.34. The van der Waals surface area contributed by atoms with Crippen molar-refractivity contribution < 1.29 is 9.53 Å². The van der Waals surface area contributed by atoms with Gasteiger partial charge < -0.3 is 9.64 Å². The highest BCUT2D eigenvalue weighted by Gasteiger charge is 2.20. The van der Waals surface area contributed by atoms with Crippen molar-refractivity contribution >= 4 is 11.8 Å². The molecular weight excluding hydrogens is 242 g/mol. The number of nitrogens with zero attached hydrogens (tertiary/aromatic N) is 3. The fourth-order valence-electron chi connectivity index (χ4n) is 2.21. The summed E-state index contributed by atoms with van der Waals surface area (Å²) < 4.78 is 4.66. The molecule has 0 unspecified atom stereocenters. The quantitative estimate of drug-likeness (QED) is 0.766. The van der Waals surface area contributed by atoms with E-state index in [1.165, 1.54) is 24.4 Å². The maximum Gasteiger partial charge on any atom is 0.358 e. The Bertz CT molecular complexity index is 603. The summed E-state index contributed by atoms with van der Waals surface area (Å²) in [6, 6.07) is 8.26. The van der Waals surface area contributed by atoms with Gasteiger partial charge in [-0.1, -0.05) is 24.3 Å². The molecule has 0 fully saturated rings. The van der Waals surface area contributed by atoms with E-state index in [-0.39, 0.29) is 5.69 Å². The summed E-state index contributed by atoms with van der Waals surface area (Å²) in [5, 5.41) is 0. The maximum absolute atomic E-state index is 11.5. The number of fused-ring (bicyclic) bond motifs is 1. The molecule has 1 aliphatic rings. The number of aromatic nitrogens is 2. The van der Waals surface area contributed by atoms with E-state index >= 15 is 0 Å². The molecule has 0 atom stereocenters. The van der Waals surface area contributed by atoms with Gasteiger partial charge in [-0.05, 0) is 11.1 Å². The van der Waals surface area contributed by atoms with Crippen LogP contribution in [0.25, 0.3) is 0 Å². The van der Waals surface area contributed by atoms with Gasteiger partial charge in [0.15, 0.2) is 5.69 Å². The molecule has 0 N–H and O–H groups in total. The van der Waals surface area contributed by atoms with Crippen molar-refractivity contribution in [1.82, 2.24) is 9.97 Å². The molecule has 0 saturated heterocycles. The van der Waals surface area contributed by atoms with Crippen molar-refractivity contribution in [2.24, 2.45) is 0 Å². The zero-order valence-corrected chi connectivity index (χ0v) is 10.5. The van der Waals surface area contributed by atoms with Crippen molar-refractivity contribution in [3.63, 3.8) is 0 Å². The van der Waals surface area contributed by atoms with Crippen LogP contribution in [0.15, 0.2) is 36.7 Å². The van der Waals surface area contributed by atoms with E-state index in [1.54, 1.807) is 6.20 Å². The van der Waals surface area contributed by atoms with E-state index in [9.17, 15) is 4.79 Å². The fraction of sp³-hybridized carbons (Fsp3) is 0.214. The second-order valence-corrected chi connectivity index (χ2v) is 4.38. The lowest BCUT2D eigenvalue weighted by atomic mass is 10.1. The number of ether oxygens (including phenoxy) is 1. The molecule has 0 aliphatic carbocycles. The van der Waals surface area contributed by atoms with E-state index in [1.807, 2.05) is 12.1 Å². The summed E-state index contributed by atoms with van der Waals surface area (Å²) in [5.74, 6) is 0.227. The third-order valence-electron chi connectivity index (χ3n) is 3.18. The molecule has 96 valence electrons. The molecule has 0 amide bonds. The van der Waals surface area contributed by atoms with Crippen molar-refractivity contribution in [1.29, 1.82) is 0 Å². The zero-order valence-electron chi connectivity index (χ0n) is 10.5. The molecule has 5 heteroatoms. The average molecular weight is 255 g/mol. The van der Waals surface area contributed by atoms with Gasteiger partial charge in [0, 0.05) is 13.1 Å². The maximum atomic E-state index is 11.5. The minimum atomic E-state index is -0.467. The van der Waals surface area contributed by atoms with Crippen LogP contribution in [-0.4, -0.2) is 23.0 Å². The minimum Gasteiger partial charge on any atom is -0.464 e. The van der Waals surface area contributed by atoms with Gasteiger partial charge in [-0.25, -0.2) is 9.78 Å². The van der Waals surface area contributed by atoms with Gasteiger partial charge in [0.1, 0.15) is 5.82 Å². The van der Waals surface area contributed by atoms with E-state index in [4.69, 9.17) is 0 Å². The van der Waals surface area contributed by atoms with Crippen LogP contribution in [0.2, 0.25) is 0 Å². The number of hydrogen-bond donors (Lipinski definition) is 0. The minimum absolute atomic E-state index is 0.232. The number of esters is 1. The van der Waals surface area contributed by atoms with E-state index in [0.29, 0.717) is 5.82 Å². The summed E-state index contributed by atoms with van der Waals surface area (Å²) in [6.07, 6.45) is 3.08. The standard InChI is InChI=1S/C14H13N3O2/c1-19-14(18)12-6-15-7-13(16-12)17-8-10-4-2-3-5-11(10)9-17/h2-7H,8-9H2,1H3. The van der Waals surface area contributed by atoms with Crippen LogP contribution >= 0.6 is 0 Å². The van der Waals surface area contributed by atoms with Crippen LogP contribution in [0.1, 0.15) is 21.6 Å². The average Bonchev–Trinajstić information content (AvgIpc) is 2.90. The van der Waals surface area contributed by atoms with E-state index < -0.39 is 5.97 Å². The molecule has 2 heterocycles. The Morgan fingerprint density at radius 3 is 2.53 bits per heavy atom. The first-order chi connectivity index (χ1) is 9.28. The van der Waals surface area contributed by atoms with Gasteiger partial charge in [0.2, 0.25) is 0 Å². The Morgan fingerprint density at radius 2 is 1.89 bits per heavy atom. The summed E-state index contributed by atoms with van der Waals surface area (Å²) in [6.45, 7) is 1.57. The first kappa shape index (κ1) is 11.6. The van der Waals surface area contributed by atoms with Crippen molar-refractivity contribution in [2.45, 2.75) is 13.1 Å². The SMILES string of the molecule is COC(=O)c1cncc(N2Cc3ccccc3C2)n1. The lowest BCUT2D eigenvalue weighted by Gasteiger charge is -2.16. The second-order valence-electron chi connectivity index (χ2n) is 4.38. The Labute approximate surface area is 110 Å². The first-order valence-electron chi connectivity index (χ1n) is 6.00. The Morgan fingerprint density at radius 1 is 1.21 bits per heavy atom. The Kier molecular flexibility index (Phi) is 2.87. The number of hydrogen-bond acceptors (Lipinski definition) is 5. The Hall–Kier alpha value is -2.43. The number of methoxy groups -OCH3 is 1. The Balaban J connectivity index is 1.87. The van der Waals surface area contributed by atoms with Crippen molar-refractivity contribution in [3.8, 4) is 0 Å². The third-order valence-corrected chi connectivity index (χ3v) is 3.18. The molecule has 0 bridgehead atoms. The summed E-state index contributed by atoms with van der Waals surface area (Å²) >= 11 is 0. The molecule has 0 radical (unpaired) electrons. The van der Waals surface area contributed by atoms with Gasteiger partial charge >= 0.3 is 5.97 Å². The predicted molar refractivity (Wildman–Crippen MR) is 69.7 cm³/mol. The lowest BCUT2D eigenvalue weighted by molar-refractivity contribution is 0.0593. The number of carbonyl (C=O) groups is 1. The van der Waals surface area contributed by atoms with Gasteiger partial charge in [0.25, 0.3) is 0 Å². The molecule has 1 aliphatic heterocycles. The number of benzene rings is 1. The smallest absolute Gasteiger partial charge is 0.358 e. The number of rotatable bonds is 2. The predicted octanol–water partition coefficient (Wildman–Crippen LogP) is 1.78. The molecular formula is C14H13N3O2. The third kappa shape index (κ3) is 2.14. The second kappa shape index (κ2) is 4.68. The number of carbonyl (C=O) groups excluding carboxylic acids is 1. The molecule has 3 rings (SSSR count). The van der Waals surface area contributed by atoms with E-state index in [2.05, 4.69) is 31.7 Å². The van der Waals surface area contributed by atoms with Crippen molar-refractivity contribution in [3.05, 3.63) is 53.5 Å². The molecule has 5 nitrogen and oxygen atoms in total. The van der Waals surface area contributed by atoms with Crippen LogP contribution in [0.5, 0.6) is 0 Å². The van der Waals surface area contributed by atoms with Crippen LogP contribution in [0.3, 0.4) is 0 Å². The monoisotopic (exact) mass is 255 g/mol. The van der Waals surface area contributed by atoms with Crippen LogP contribution in [-0.2, 0) is 17.8 Å². The molecule has 2 aromatic rings. The van der Waals surface area contributed by atoms with Gasteiger partial charge in [-0.3, -0.25) is 4.98 Å². The summed E-state index contributed by atoms with van der Waals surface area (Å²) in [4.78, 5) is 21.9. The lowest BCUT2D eigenvalue weighted by Crippen LogP contribution is -2.18. The van der Waals surface area contributed by atoms with Crippen LogP contribution in [0.4, 0.5) is 5.82 Å². The largest absolute Gasteiger partial charge is 0.464 e. The highest BCUT2D eigenvalue weighted by Crippen LogP contribution is 2.26. The summed E-state index contributed by atoms with van der Waals surface area (Å²) in [5.41, 5.74) is 2.80. The highest BCUT2D eigenvalue weighted by atomic mass is 16.5. The van der Waals surface area contributed by atoms with Gasteiger partial charge in [-0.15, -0.1) is 0 Å². The molecule has 1 aromatic heterocycles. The topological polar surface area (TPSA) is 55.3 Å². The first-order valence-corrected chi connectivity index (χ1v) is 6.00. The zero-order chi connectivity index (χ0) is 13.2. The van der Waals surface area contributed by atoms with Crippen molar-refractivity contribution in [2.75, 3.05) is 12.0 Å². The van der Waals surface area contributed by atoms with Crippen LogP contribution < -0.4 is 4.90 Å². The van der Waals surface area contributed by atoms with E-state index in [0.717, 1.165) is 13.1 Å². The molecule has 1 aromatic carbocycles. The highest BCUT2D eigenvalue weighted by molar-refractivity contribution is 5.87. The normalized spacial score (nSPS) is 13.2. The fourth-order valence-corrected chi connectivity index (χ4v) is 2.21. The number of anilines is 1. The molecule has 0 spiro atoms.